The Balaban J connectivity index is 2.67. The van der Waals surface area contributed by atoms with Crippen LogP contribution >= 0.6 is 7.60 Å². The lowest BCUT2D eigenvalue weighted by Crippen LogP contribution is -2.17. The van der Waals surface area contributed by atoms with Gasteiger partial charge in [-0.2, -0.15) is 0 Å². The van der Waals surface area contributed by atoms with Gasteiger partial charge in [-0.3, -0.25) is 4.57 Å². The molecule has 0 saturated carbocycles. The Labute approximate surface area is 115 Å². The Kier molecular flexibility index (Phi) is 6.73. The molecule has 4 nitrogen and oxygen atoms in total. The predicted octanol–water partition coefficient (Wildman–Crippen LogP) is 3.80. The number of hydrogen-bond donors (Lipinski definition) is 1. The van der Waals surface area contributed by atoms with Crippen LogP contribution in [-0.2, 0) is 20.4 Å². The maximum Gasteiger partial charge on any atom is 0.356 e. The molecule has 0 aromatic heterocycles. The molecule has 0 heterocycles. The normalized spacial score (nSPS) is 16.3. The third-order valence-corrected chi connectivity index (χ3v) is 4.35. The molecule has 0 saturated heterocycles. The number of rotatable bonds is 8. The lowest BCUT2D eigenvalue weighted by atomic mass is 10.1. The second kappa shape index (κ2) is 7.81. The molecule has 108 valence electrons. The topological polar surface area (TPSA) is 55.8 Å². The van der Waals surface area contributed by atoms with Crippen molar-refractivity contribution in [1.29, 1.82) is 0 Å². The first-order valence-electron chi connectivity index (χ1n) is 6.58. The van der Waals surface area contributed by atoms with Crippen molar-refractivity contribution in [3.05, 3.63) is 35.9 Å². The molecule has 1 unspecified atom stereocenters. The summed E-state index contributed by atoms with van der Waals surface area (Å²) in [4.78, 5) is 9.91. The highest BCUT2D eigenvalue weighted by atomic mass is 31.2. The fourth-order valence-corrected chi connectivity index (χ4v) is 3.22. The van der Waals surface area contributed by atoms with E-state index < -0.39 is 13.4 Å². The second-order valence-corrected chi connectivity index (χ2v) is 6.83. The van der Waals surface area contributed by atoms with Gasteiger partial charge >= 0.3 is 7.60 Å². The fourth-order valence-electron chi connectivity index (χ4n) is 1.73. The van der Waals surface area contributed by atoms with Gasteiger partial charge in [-0.15, -0.1) is 0 Å². The van der Waals surface area contributed by atoms with E-state index in [-0.39, 0.29) is 12.5 Å². The molecule has 0 spiro atoms. The molecule has 1 aromatic rings. The van der Waals surface area contributed by atoms with Crippen molar-refractivity contribution < 1.29 is 18.7 Å². The van der Waals surface area contributed by atoms with Crippen LogP contribution in [-0.4, -0.2) is 17.3 Å². The quantitative estimate of drug-likeness (QED) is 0.738. The minimum absolute atomic E-state index is 0.205. The van der Waals surface area contributed by atoms with E-state index in [2.05, 4.69) is 0 Å². The van der Waals surface area contributed by atoms with E-state index in [1.54, 1.807) is 6.92 Å². The molecule has 2 atom stereocenters. The average molecular weight is 286 g/mol. The molecule has 0 radical (unpaired) electrons. The van der Waals surface area contributed by atoms with Gasteiger partial charge < -0.3 is 14.2 Å². The van der Waals surface area contributed by atoms with Crippen molar-refractivity contribution in [3.63, 3.8) is 0 Å². The smallest absolute Gasteiger partial charge is 0.356 e. The Morgan fingerprint density at radius 2 is 1.89 bits per heavy atom. The van der Waals surface area contributed by atoms with Gasteiger partial charge in [0.1, 0.15) is 0 Å². The van der Waals surface area contributed by atoms with E-state index >= 15 is 0 Å². The monoisotopic (exact) mass is 286 g/mol. The molecule has 0 aliphatic heterocycles. The van der Waals surface area contributed by atoms with Gasteiger partial charge in [0.25, 0.3) is 0 Å². The van der Waals surface area contributed by atoms with Crippen LogP contribution in [0.25, 0.3) is 0 Å². The van der Waals surface area contributed by atoms with Crippen LogP contribution in [0.1, 0.15) is 32.8 Å². The summed E-state index contributed by atoms with van der Waals surface area (Å²) in [6, 6.07) is 9.60. The minimum Gasteiger partial charge on any atom is -0.361 e. The molecule has 0 aliphatic rings. The summed E-state index contributed by atoms with van der Waals surface area (Å²) in [6.45, 7) is 6.20. The Morgan fingerprint density at radius 3 is 2.42 bits per heavy atom. The van der Waals surface area contributed by atoms with Crippen LogP contribution < -0.4 is 0 Å². The SMILES string of the molecule is CCOP(=O)(O)[C@H](CC(C)C)OCc1ccccc1. The second-order valence-electron chi connectivity index (χ2n) is 4.86. The summed E-state index contributed by atoms with van der Waals surface area (Å²) in [5, 5.41) is 0. The molecule has 0 bridgehead atoms. The Hall–Kier alpha value is -0.670. The maximum atomic E-state index is 12.1. The van der Waals surface area contributed by atoms with Crippen molar-refractivity contribution in [2.75, 3.05) is 6.61 Å². The van der Waals surface area contributed by atoms with E-state index in [0.29, 0.717) is 13.0 Å². The summed E-state index contributed by atoms with van der Waals surface area (Å²) in [7, 11) is -3.72. The fraction of sp³-hybridized carbons (Fsp3) is 0.571. The highest BCUT2D eigenvalue weighted by Crippen LogP contribution is 2.50. The van der Waals surface area contributed by atoms with E-state index in [0.717, 1.165) is 5.56 Å². The molecule has 1 aromatic carbocycles. The number of hydrogen-bond acceptors (Lipinski definition) is 3. The van der Waals surface area contributed by atoms with E-state index in [1.807, 2.05) is 44.2 Å². The van der Waals surface area contributed by atoms with Crippen LogP contribution in [0.3, 0.4) is 0 Å². The molecule has 0 fully saturated rings. The van der Waals surface area contributed by atoms with Crippen LogP contribution in [0.15, 0.2) is 30.3 Å². The van der Waals surface area contributed by atoms with Gasteiger partial charge in [0.05, 0.1) is 13.2 Å². The van der Waals surface area contributed by atoms with E-state index in [4.69, 9.17) is 9.26 Å². The zero-order valence-corrected chi connectivity index (χ0v) is 12.7. The van der Waals surface area contributed by atoms with Crippen molar-refractivity contribution >= 4 is 7.60 Å². The van der Waals surface area contributed by atoms with Gasteiger partial charge in [0, 0.05) is 0 Å². The molecule has 0 amide bonds. The molecule has 1 N–H and O–H groups in total. The number of ether oxygens (including phenoxy) is 1. The van der Waals surface area contributed by atoms with Gasteiger partial charge in [-0.25, -0.2) is 0 Å². The molecule has 0 aliphatic carbocycles. The van der Waals surface area contributed by atoms with Gasteiger partial charge in [0.2, 0.25) is 0 Å². The van der Waals surface area contributed by atoms with Crippen molar-refractivity contribution in [2.24, 2.45) is 5.92 Å². The lowest BCUT2D eigenvalue weighted by molar-refractivity contribution is 0.0548. The van der Waals surface area contributed by atoms with Crippen LogP contribution in [0.4, 0.5) is 0 Å². The first-order valence-corrected chi connectivity index (χ1v) is 8.23. The van der Waals surface area contributed by atoms with Crippen molar-refractivity contribution in [3.8, 4) is 0 Å². The van der Waals surface area contributed by atoms with Crippen molar-refractivity contribution in [2.45, 2.75) is 39.6 Å². The van der Waals surface area contributed by atoms with E-state index in [1.165, 1.54) is 0 Å². The highest BCUT2D eigenvalue weighted by Gasteiger charge is 2.33. The van der Waals surface area contributed by atoms with Crippen LogP contribution in [0.5, 0.6) is 0 Å². The van der Waals surface area contributed by atoms with E-state index in [9.17, 15) is 9.46 Å². The largest absolute Gasteiger partial charge is 0.361 e. The summed E-state index contributed by atoms with van der Waals surface area (Å²) in [5.74, 6) is -0.505. The van der Waals surface area contributed by atoms with Gasteiger partial charge in [-0.05, 0) is 24.8 Å². The maximum absolute atomic E-state index is 12.1. The zero-order chi connectivity index (χ0) is 14.3. The Bertz CT molecular complexity index is 405. The summed E-state index contributed by atoms with van der Waals surface area (Å²) >= 11 is 0. The first-order chi connectivity index (χ1) is 8.95. The predicted molar refractivity (Wildman–Crippen MR) is 75.9 cm³/mol. The summed E-state index contributed by atoms with van der Waals surface area (Å²) in [6.07, 6.45) is 0.501. The van der Waals surface area contributed by atoms with Crippen LogP contribution in [0.2, 0.25) is 0 Å². The third-order valence-electron chi connectivity index (χ3n) is 2.64. The number of benzene rings is 1. The van der Waals surface area contributed by atoms with Crippen LogP contribution in [0, 0.1) is 5.92 Å². The molecule has 1 rings (SSSR count). The lowest BCUT2D eigenvalue weighted by Gasteiger charge is -2.24. The van der Waals surface area contributed by atoms with Gasteiger partial charge in [0.15, 0.2) is 5.85 Å². The van der Waals surface area contributed by atoms with Gasteiger partial charge in [-0.1, -0.05) is 44.2 Å². The summed E-state index contributed by atoms with van der Waals surface area (Å²) in [5.41, 5.74) is 0.979. The zero-order valence-electron chi connectivity index (χ0n) is 11.8. The molecular weight excluding hydrogens is 263 g/mol. The average Bonchev–Trinajstić information content (AvgIpc) is 2.35. The Morgan fingerprint density at radius 1 is 1.26 bits per heavy atom. The first kappa shape index (κ1) is 16.4. The molecule has 5 heteroatoms. The third kappa shape index (κ3) is 5.87. The van der Waals surface area contributed by atoms with Crippen molar-refractivity contribution in [1.82, 2.24) is 0 Å². The standard InChI is InChI=1S/C14H23O4P/c1-4-18-19(15,16)14(10-12(2)3)17-11-13-8-6-5-7-9-13/h5-9,12,14H,4,10-11H2,1-3H3,(H,15,16)/t14-/m1/s1. The summed E-state index contributed by atoms with van der Waals surface area (Å²) < 4.78 is 22.7. The molecule has 19 heavy (non-hydrogen) atoms. The highest BCUT2D eigenvalue weighted by molar-refractivity contribution is 7.53. The molecular formula is C14H23O4P. The minimum atomic E-state index is -3.72.